The molecule has 0 radical (unpaired) electrons. The van der Waals surface area contributed by atoms with Crippen LogP contribution in [0.2, 0.25) is 0 Å². The van der Waals surface area contributed by atoms with Crippen molar-refractivity contribution >= 4 is 40.4 Å². The highest BCUT2D eigenvalue weighted by atomic mass is 31.3. The molecule has 1 fully saturated rings. The van der Waals surface area contributed by atoms with Crippen LogP contribution in [-0.2, 0) is 31.6 Å². The number of alkyl halides is 1. The van der Waals surface area contributed by atoms with E-state index in [4.69, 9.17) is 26.7 Å². The number of hydrogen-bond donors (Lipinski definition) is 7. The molecule has 8 N–H and O–H groups in total. The molecule has 1 aliphatic heterocycles. The molecule has 2 aromatic heterocycles. The van der Waals surface area contributed by atoms with Gasteiger partial charge in [-0.15, -0.1) is 6.42 Å². The number of terminal acetylenes is 1. The van der Waals surface area contributed by atoms with Crippen LogP contribution in [0.15, 0.2) is 12.5 Å². The zero-order valence-corrected chi connectivity index (χ0v) is 20.9. The second-order valence-electron chi connectivity index (χ2n) is 7.47. The lowest BCUT2D eigenvalue weighted by atomic mass is 9.94. The Labute approximate surface area is 205 Å². The van der Waals surface area contributed by atoms with Gasteiger partial charge in [-0.3, -0.25) is 9.32 Å². The Balaban J connectivity index is 1.95. The molecule has 0 spiro atoms. The number of aryl methyl sites for hydroxylation is 1. The Hall–Kier alpha value is -2.13. The first-order chi connectivity index (χ1) is 16.8. The molecule has 3 heterocycles. The molecule has 2 unspecified atom stereocenters. The van der Waals surface area contributed by atoms with Gasteiger partial charge >= 0.3 is 23.5 Å². The number of amides is 1. The number of hydrogen-bond acceptors (Lipinski definition) is 12. The van der Waals surface area contributed by atoms with Crippen LogP contribution in [0.25, 0.3) is 11.0 Å². The average molecular weight is 590 g/mol. The number of phosphoric acid groups is 3. The van der Waals surface area contributed by atoms with E-state index in [2.05, 4.69) is 23.1 Å². The summed E-state index contributed by atoms with van der Waals surface area (Å²) in [6, 6.07) is 0. The number of aliphatic hydroxyl groups is 2. The number of fused-ring (bicyclic) bond motifs is 1. The molecule has 204 valence electrons. The third-order valence-corrected chi connectivity index (χ3v) is 8.68. The molecule has 3 rings (SSSR count). The topological polar surface area (TPSA) is 283 Å². The standard InChI is InChI=1S/C15H18FN4O14P3/c1-3-14(23)12(22)15(16,5-31-36(27,28)34-37(29,30)33-35(24,25)26)32-13(14)20-4-8(10(17)21)9-7(2)18-6-19-11(9)20/h1,4,6,12-13,22-23H,5H2,2H3,(H2,17,21)(H,27,28)(H,29,30)(H2,24,25,26)/t12-,13+,14+,15+/m0/s1. The van der Waals surface area contributed by atoms with E-state index in [1.807, 2.05) is 0 Å². The summed E-state index contributed by atoms with van der Waals surface area (Å²) < 4.78 is 66.8. The van der Waals surface area contributed by atoms with Crippen LogP contribution >= 0.6 is 23.5 Å². The summed E-state index contributed by atoms with van der Waals surface area (Å²) in [4.78, 5) is 55.6. The van der Waals surface area contributed by atoms with Crippen molar-refractivity contribution < 1.29 is 70.5 Å². The van der Waals surface area contributed by atoms with Crippen molar-refractivity contribution in [2.45, 2.75) is 30.7 Å². The summed E-state index contributed by atoms with van der Waals surface area (Å²) in [6.45, 7) is -0.338. The number of nitrogens with zero attached hydrogens (tertiary/aromatic N) is 3. The molecule has 0 aliphatic carbocycles. The van der Waals surface area contributed by atoms with E-state index in [1.165, 1.54) is 6.92 Å². The molecule has 37 heavy (non-hydrogen) atoms. The fourth-order valence-electron chi connectivity index (χ4n) is 3.41. The zero-order chi connectivity index (χ0) is 28.2. The molecular formula is C15H18FN4O14P3. The largest absolute Gasteiger partial charge is 0.490 e. The van der Waals surface area contributed by atoms with Crippen LogP contribution in [0.5, 0.6) is 0 Å². The van der Waals surface area contributed by atoms with E-state index in [0.29, 0.717) is 0 Å². The van der Waals surface area contributed by atoms with Crippen LogP contribution in [0.4, 0.5) is 4.39 Å². The smallest absolute Gasteiger partial charge is 0.383 e. The van der Waals surface area contributed by atoms with Gasteiger partial charge in [-0.2, -0.15) is 8.62 Å². The minimum atomic E-state index is -5.94. The van der Waals surface area contributed by atoms with Gasteiger partial charge in [-0.25, -0.2) is 28.1 Å². The van der Waals surface area contributed by atoms with Gasteiger partial charge in [0.2, 0.25) is 5.60 Å². The van der Waals surface area contributed by atoms with Gasteiger partial charge in [0.05, 0.1) is 16.6 Å². The van der Waals surface area contributed by atoms with Gasteiger partial charge in [0, 0.05) is 6.20 Å². The second kappa shape index (κ2) is 9.56. The van der Waals surface area contributed by atoms with Gasteiger partial charge in [-0.1, -0.05) is 5.92 Å². The highest BCUT2D eigenvalue weighted by molar-refractivity contribution is 7.66. The predicted octanol–water partition coefficient (Wildman–Crippen LogP) is -0.898. The molecule has 0 aromatic carbocycles. The number of phosphoric ester groups is 1. The highest BCUT2D eigenvalue weighted by Crippen LogP contribution is 2.66. The maximum atomic E-state index is 15.6. The number of aromatic nitrogens is 3. The van der Waals surface area contributed by atoms with Gasteiger partial charge in [0.15, 0.2) is 12.3 Å². The molecule has 1 aliphatic rings. The Morgan fingerprint density at radius 2 is 1.89 bits per heavy atom. The summed E-state index contributed by atoms with van der Waals surface area (Å²) >= 11 is 0. The van der Waals surface area contributed by atoms with Crippen molar-refractivity contribution in [3.63, 3.8) is 0 Å². The van der Waals surface area contributed by atoms with Gasteiger partial charge in [0.25, 0.3) is 11.8 Å². The SMILES string of the molecule is C#C[C@]1(O)[C@H](n2cc(C(N)=O)c3c(C)ncnc32)O[C@](F)(COP(=O)(O)OP(=O)(O)OP(=O)(O)O)[C@H]1O. The van der Waals surface area contributed by atoms with Gasteiger partial charge in [-0.05, 0) is 6.92 Å². The molecule has 0 saturated carbocycles. The third-order valence-electron chi connectivity index (χ3n) is 4.90. The zero-order valence-electron chi connectivity index (χ0n) is 18.2. The fourth-order valence-corrected chi connectivity index (χ4v) is 6.44. The van der Waals surface area contributed by atoms with E-state index < -0.39 is 59.8 Å². The van der Waals surface area contributed by atoms with Crippen LogP contribution < -0.4 is 5.73 Å². The molecular weight excluding hydrogens is 572 g/mol. The Morgan fingerprint density at radius 1 is 1.27 bits per heavy atom. The summed E-state index contributed by atoms with van der Waals surface area (Å²) in [7, 11) is -17.5. The molecule has 1 amide bonds. The third kappa shape index (κ3) is 5.82. The van der Waals surface area contributed by atoms with Crippen molar-refractivity contribution in [3.05, 3.63) is 23.8 Å². The summed E-state index contributed by atoms with van der Waals surface area (Å²) in [6.07, 6.45) is 2.50. The minimum Gasteiger partial charge on any atom is -0.383 e. The predicted molar refractivity (Wildman–Crippen MR) is 114 cm³/mol. The van der Waals surface area contributed by atoms with Crippen molar-refractivity contribution in [1.82, 2.24) is 14.5 Å². The Morgan fingerprint density at radius 3 is 2.43 bits per heavy atom. The van der Waals surface area contributed by atoms with Crippen molar-refractivity contribution in [3.8, 4) is 12.3 Å². The summed E-state index contributed by atoms with van der Waals surface area (Å²) in [5.74, 6) is -2.90. The lowest BCUT2D eigenvalue weighted by Crippen LogP contribution is -2.50. The minimum absolute atomic E-state index is 0.0667. The van der Waals surface area contributed by atoms with Crippen LogP contribution in [0.3, 0.4) is 0 Å². The maximum Gasteiger partial charge on any atom is 0.490 e. The van der Waals surface area contributed by atoms with Crippen LogP contribution in [0, 0.1) is 19.3 Å². The highest BCUT2D eigenvalue weighted by Gasteiger charge is 2.66. The van der Waals surface area contributed by atoms with E-state index >= 15 is 4.39 Å². The summed E-state index contributed by atoms with van der Waals surface area (Å²) in [5, 5.41) is 21.4. The molecule has 6 atom stereocenters. The van der Waals surface area contributed by atoms with Crippen LogP contribution in [-0.4, -0.2) is 74.4 Å². The second-order valence-corrected chi connectivity index (χ2v) is 11.9. The molecule has 2 aromatic rings. The Bertz CT molecular complexity index is 1440. The number of rotatable bonds is 9. The van der Waals surface area contributed by atoms with Crippen LogP contribution in [0.1, 0.15) is 22.3 Å². The average Bonchev–Trinajstić information content (AvgIpc) is 3.21. The van der Waals surface area contributed by atoms with E-state index in [1.54, 1.807) is 5.92 Å². The number of carbonyl (C=O) groups excluding carboxylic acids is 1. The normalized spacial score (nSPS) is 29.5. The fraction of sp³-hybridized carbons (Fsp3) is 0.400. The van der Waals surface area contributed by atoms with Gasteiger partial charge < -0.3 is 44.8 Å². The van der Waals surface area contributed by atoms with Crippen molar-refractivity contribution in [2.24, 2.45) is 5.73 Å². The lowest BCUT2D eigenvalue weighted by molar-refractivity contribution is -0.203. The molecule has 18 nitrogen and oxygen atoms in total. The van der Waals surface area contributed by atoms with Crippen molar-refractivity contribution in [1.29, 1.82) is 0 Å². The molecule has 22 heteroatoms. The first kappa shape index (κ1) is 29.4. The van der Waals surface area contributed by atoms with E-state index in [9.17, 15) is 38.5 Å². The molecule has 0 bridgehead atoms. The summed E-state index contributed by atoms with van der Waals surface area (Å²) in [5.41, 5.74) is 2.29. The maximum absolute atomic E-state index is 15.6. The quantitative estimate of drug-likeness (QED) is 0.138. The lowest BCUT2D eigenvalue weighted by Gasteiger charge is -2.27. The number of nitrogens with two attached hydrogens (primary N) is 1. The number of carbonyl (C=O) groups is 1. The Kier molecular flexibility index (Phi) is 7.60. The number of aliphatic hydroxyl groups excluding tert-OH is 1. The monoisotopic (exact) mass is 590 g/mol. The van der Waals surface area contributed by atoms with Crippen molar-refractivity contribution in [2.75, 3.05) is 6.61 Å². The van der Waals surface area contributed by atoms with Gasteiger partial charge in [0.1, 0.15) is 18.6 Å². The van der Waals surface area contributed by atoms with E-state index in [-0.39, 0.29) is 22.3 Å². The number of primary amides is 1. The first-order valence-corrected chi connectivity index (χ1v) is 13.9. The first-order valence-electron chi connectivity index (χ1n) is 9.40. The number of halogens is 1. The molecule has 1 saturated heterocycles. The van der Waals surface area contributed by atoms with E-state index in [0.717, 1.165) is 17.1 Å². The number of ether oxygens (including phenoxy) is 1.